The third kappa shape index (κ3) is 7.01. The molecule has 0 amide bonds. The molecule has 2 unspecified atom stereocenters. The molecule has 0 aromatic heterocycles. The van der Waals surface area contributed by atoms with Gasteiger partial charge in [0, 0.05) is 18.3 Å². The van der Waals surface area contributed by atoms with Crippen LogP contribution in [-0.2, 0) is 6.54 Å². The Morgan fingerprint density at radius 2 is 1.40 bits per heavy atom. The number of hydrogen-bond donors (Lipinski definition) is 1. The van der Waals surface area contributed by atoms with Crippen LogP contribution >= 0.6 is 0 Å². The van der Waals surface area contributed by atoms with E-state index in [0.29, 0.717) is 5.75 Å². The van der Waals surface area contributed by atoms with Crippen molar-refractivity contribution in [1.82, 2.24) is 0 Å². The molecule has 1 N–H and O–H groups in total. The molecule has 0 radical (unpaired) electrons. The molecule has 0 fully saturated rings. The molecule has 3 aromatic rings. The van der Waals surface area contributed by atoms with Crippen LogP contribution in [0.15, 0.2) is 78.9 Å². The maximum atomic E-state index is 15.0. The van der Waals surface area contributed by atoms with E-state index in [4.69, 9.17) is 4.74 Å². The largest absolute Gasteiger partial charge is 0.461 e. The summed E-state index contributed by atoms with van der Waals surface area (Å²) >= 11 is 0. The second-order valence-electron chi connectivity index (χ2n) is 7.35. The lowest BCUT2D eigenvalue weighted by Gasteiger charge is -2.31. The van der Waals surface area contributed by atoms with Gasteiger partial charge in [0.1, 0.15) is 17.2 Å². The van der Waals surface area contributed by atoms with Crippen LogP contribution in [0.3, 0.4) is 0 Å². The van der Waals surface area contributed by atoms with Crippen molar-refractivity contribution in [2.24, 2.45) is 0 Å². The number of nitrogens with zero attached hydrogens (tertiary/aromatic N) is 1. The minimum atomic E-state index is -4.77. The van der Waals surface area contributed by atoms with Gasteiger partial charge >= 0.3 is 12.5 Å². The molecule has 0 spiro atoms. The number of aliphatic hydroxyl groups excluding tert-OH is 1. The second kappa shape index (κ2) is 11.3. The van der Waals surface area contributed by atoms with Gasteiger partial charge in [0.2, 0.25) is 6.30 Å². The normalized spacial score (nSPS) is 13.5. The Labute approximate surface area is 196 Å². The van der Waals surface area contributed by atoms with Crippen LogP contribution in [0, 0.1) is 0 Å². The lowest BCUT2D eigenvalue weighted by molar-refractivity contribution is -0.253. The Morgan fingerprint density at radius 1 is 0.771 bits per heavy atom. The van der Waals surface area contributed by atoms with Crippen molar-refractivity contribution in [2.45, 2.75) is 37.9 Å². The highest BCUT2D eigenvalue weighted by Gasteiger charge is 2.44. The van der Waals surface area contributed by atoms with Crippen molar-refractivity contribution in [3.8, 4) is 17.2 Å². The van der Waals surface area contributed by atoms with Crippen LogP contribution < -0.4 is 14.4 Å². The lowest BCUT2D eigenvalue weighted by Crippen LogP contribution is -2.43. The Bertz CT molecular complexity index is 1090. The summed E-state index contributed by atoms with van der Waals surface area (Å²) in [5.74, 6) is 0.0373. The highest BCUT2D eigenvalue weighted by atomic mass is 19.3. The van der Waals surface area contributed by atoms with Crippen molar-refractivity contribution in [2.75, 3.05) is 4.90 Å². The molecular formula is C24H20F7NO3. The third-order valence-electron chi connectivity index (χ3n) is 4.73. The first kappa shape index (κ1) is 26.1. The molecule has 0 saturated heterocycles. The van der Waals surface area contributed by atoms with Crippen LogP contribution in [0.5, 0.6) is 17.2 Å². The molecule has 0 bridgehead atoms. The molecule has 0 aliphatic rings. The van der Waals surface area contributed by atoms with Crippen LogP contribution in [0.25, 0.3) is 0 Å². The van der Waals surface area contributed by atoms with Gasteiger partial charge in [-0.15, -0.1) is 0 Å². The molecule has 11 heteroatoms. The van der Waals surface area contributed by atoms with Crippen LogP contribution in [-0.4, -0.2) is 36.5 Å². The van der Waals surface area contributed by atoms with Crippen molar-refractivity contribution < 1.29 is 45.3 Å². The average molecular weight is 503 g/mol. The SMILES string of the molecule is OC(C(F)F)C(F)N(Cc1cccc(OC(F)(F)C(F)F)c1)c1cccc(Oc2ccccc2)c1. The molecule has 3 rings (SSSR count). The van der Waals surface area contributed by atoms with E-state index in [2.05, 4.69) is 4.74 Å². The van der Waals surface area contributed by atoms with E-state index in [-0.39, 0.29) is 17.0 Å². The molecule has 0 aliphatic heterocycles. The van der Waals surface area contributed by atoms with E-state index in [1.807, 2.05) is 0 Å². The van der Waals surface area contributed by atoms with E-state index in [0.717, 1.165) is 17.0 Å². The number of ether oxygens (including phenoxy) is 2. The maximum Gasteiger partial charge on any atom is 0.461 e. The fourth-order valence-corrected chi connectivity index (χ4v) is 3.08. The number of para-hydroxylation sites is 1. The van der Waals surface area contributed by atoms with Gasteiger partial charge in [0.25, 0.3) is 6.43 Å². The van der Waals surface area contributed by atoms with E-state index < -0.39 is 43.7 Å². The van der Waals surface area contributed by atoms with Gasteiger partial charge in [0.05, 0.1) is 0 Å². The molecule has 4 nitrogen and oxygen atoms in total. The van der Waals surface area contributed by atoms with Crippen LogP contribution in [0.4, 0.5) is 36.4 Å². The van der Waals surface area contributed by atoms with Crippen molar-refractivity contribution in [3.05, 3.63) is 84.4 Å². The first-order valence-electron chi connectivity index (χ1n) is 10.2. The van der Waals surface area contributed by atoms with Gasteiger partial charge in [-0.05, 0) is 42.0 Å². The number of benzene rings is 3. The number of halogens is 7. The zero-order chi connectivity index (χ0) is 25.6. The van der Waals surface area contributed by atoms with Crippen molar-refractivity contribution in [3.63, 3.8) is 0 Å². The number of aliphatic hydroxyl groups is 1. The van der Waals surface area contributed by atoms with Gasteiger partial charge in [-0.2, -0.15) is 17.6 Å². The Hall–Kier alpha value is -3.47. The second-order valence-corrected chi connectivity index (χ2v) is 7.35. The summed E-state index contributed by atoms with van der Waals surface area (Å²) < 4.78 is 102. The molecular weight excluding hydrogens is 483 g/mol. The van der Waals surface area contributed by atoms with E-state index in [9.17, 15) is 31.4 Å². The average Bonchev–Trinajstić information content (AvgIpc) is 2.82. The Balaban J connectivity index is 1.90. The molecule has 35 heavy (non-hydrogen) atoms. The summed E-state index contributed by atoms with van der Waals surface area (Å²) in [5, 5.41) is 9.67. The Morgan fingerprint density at radius 3 is 2.06 bits per heavy atom. The van der Waals surface area contributed by atoms with Crippen LogP contribution in [0.2, 0.25) is 0 Å². The smallest absolute Gasteiger partial charge is 0.457 e. The highest BCUT2D eigenvalue weighted by Crippen LogP contribution is 2.32. The first-order valence-corrected chi connectivity index (χ1v) is 10.2. The molecule has 0 aliphatic carbocycles. The van der Waals surface area contributed by atoms with Gasteiger partial charge in [0.15, 0.2) is 6.10 Å². The van der Waals surface area contributed by atoms with Gasteiger partial charge < -0.3 is 19.5 Å². The van der Waals surface area contributed by atoms with E-state index in [1.54, 1.807) is 30.3 Å². The number of anilines is 1. The number of rotatable bonds is 11. The molecule has 0 saturated carbocycles. The molecule has 188 valence electrons. The minimum Gasteiger partial charge on any atom is -0.457 e. The summed E-state index contributed by atoms with van der Waals surface area (Å²) in [5.41, 5.74) is 0.0842. The van der Waals surface area contributed by atoms with Gasteiger partial charge in [-0.3, -0.25) is 0 Å². The Kier molecular flexibility index (Phi) is 8.44. The fraction of sp³-hybridized carbons (Fsp3) is 0.250. The van der Waals surface area contributed by atoms with Gasteiger partial charge in [-0.1, -0.05) is 36.4 Å². The minimum absolute atomic E-state index is 0.0230. The van der Waals surface area contributed by atoms with E-state index >= 15 is 4.39 Å². The summed E-state index contributed by atoms with van der Waals surface area (Å²) in [7, 11) is 0. The van der Waals surface area contributed by atoms with Crippen molar-refractivity contribution in [1.29, 1.82) is 0 Å². The summed E-state index contributed by atoms with van der Waals surface area (Å²) in [6, 6.07) is 18.7. The third-order valence-corrected chi connectivity index (χ3v) is 4.73. The first-order chi connectivity index (χ1) is 16.6. The highest BCUT2D eigenvalue weighted by molar-refractivity contribution is 5.53. The number of hydrogen-bond acceptors (Lipinski definition) is 4. The standard InChI is InChI=1S/C24H20F7NO3/c25-21(26)20(33)22(27)32(14-15-6-4-11-19(12-15)35-24(30,31)23(28)29)16-7-5-10-18(13-16)34-17-8-2-1-3-9-17/h1-13,20-23,33H,14H2. The zero-order valence-corrected chi connectivity index (χ0v) is 17.9. The quantitative estimate of drug-likeness (QED) is 0.235. The molecule has 2 atom stereocenters. The summed E-state index contributed by atoms with van der Waals surface area (Å²) in [6.07, 6.45) is -17.6. The maximum absolute atomic E-state index is 15.0. The van der Waals surface area contributed by atoms with Crippen LogP contribution in [0.1, 0.15) is 5.56 Å². The predicted molar refractivity (Wildman–Crippen MR) is 114 cm³/mol. The molecule has 0 heterocycles. The zero-order valence-electron chi connectivity index (χ0n) is 17.9. The lowest BCUT2D eigenvalue weighted by atomic mass is 10.1. The fourth-order valence-electron chi connectivity index (χ4n) is 3.08. The monoisotopic (exact) mass is 503 g/mol. The summed E-state index contributed by atoms with van der Waals surface area (Å²) in [4.78, 5) is 0.763. The van der Waals surface area contributed by atoms with Crippen molar-refractivity contribution >= 4 is 5.69 Å². The topological polar surface area (TPSA) is 41.9 Å². The van der Waals surface area contributed by atoms with Gasteiger partial charge in [-0.25, -0.2) is 13.2 Å². The number of alkyl halides is 7. The van der Waals surface area contributed by atoms with E-state index in [1.165, 1.54) is 36.4 Å². The summed E-state index contributed by atoms with van der Waals surface area (Å²) in [6.45, 7) is -0.503. The molecule has 3 aromatic carbocycles. The predicted octanol–water partition coefficient (Wildman–Crippen LogP) is 6.64.